The quantitative estimate of drug-likeness (QED) is 0.320. The summed E-state index contributed by atoms with van der Waals surface area (Å²) in [7, 11) is 7.29. The van der Waals surface area contributed by atoms with E-state index in [9.17, 15) is 0 Å². The molecule has 8 heteroatoms. The van der Waals surface area contributed by atoms with Crippen LogP contribution in [-0.2, 0) is 6.54 Å². The summed E-state index contributed by atoms with van der Waals surface area (Å²) in [6.45, 7) is 9.62. The number of guanidine groups is 1. The van der Waals surface area contributed by atoms with E-state index in [0.29, 0.717) is 12.5 Å². The molecule has 0 saturated carbocycles. The number of aliphatic imine (C=N–C) groups is 1. The van der Waals surface area contributed by atoms with E-state index < -0.39 is 0 Å². The van der Waals surface area contributed by atoms with E-state index in [1.807, 2.05) is 18.2 Å². The number of benzene rings is 1. The van der Waals surface area contributed by atoms with Crippen molar-refractivity contribution in [2.75, 3.05) is 67.6 Å². The molecule has 1 aromatic carbocycles. The average molecular weight is 505 g/mol. The predicted molar refractivity (Wildman–Crippen MR) is 126 cm³/mol. The van der Waals surface area contributed by atoms with Gasteiger partial charge in [0, 0.05) is 52.9 Å². The minimum Gasteiger partial charge on any atom is -0.493 e. The zero-order valence-corrected chi connectivity index (χ0v) is 20.2. The zero-order valence-electron chi connectivity index (χ0n) is 17.8. The van der Waals surface area contributed by atoms with E-state index >= 15 is 0 Å². The maximum absolute atomic E-state index is 5.36. The van der Waals surface area contributed by atoms with Crippen LogP contribution in [0.15, 0.2) is 23.2 Å². The summed E-state index contributed by atoms with van der Waals surface area (Å²) in [5.74, 6) is 2.85. The first-order valence-electron chi connectivity index (χ1n) is 9.62. The van der Waals surface area contributed by atoms with Gasteiger partial charge < -0.3 is 29.9 Å². The molecule has 1 heterocycles. The normalized spacial score (nSPS) is 16.8. The summed E-state index contributed by atoms with van der Waals surface area (Å²) < 4.78 is 10.6. The molecule has 0 spiro atoms. The summed E-state index contributed by atoms with van der Waals surface area (Å²) in [6, 6.07) is 5.93. The molecule has 1 fully saturated rings. The van der Waals surface area contributed by atoms with Crippen molar-refractivity contribution in [1.82, 2.24) is 20.4 Å². The Bertz CT molecular complexity index is 606. The lowest BCUT2D eigenvalue weighted by Crippen LogP contribution is -2.47. The van der Waals surface area contributed by atoms with Crippen LogP contribution in [0.4, 0.5) is 0 Å². The molecule has 160 valence electrons. The number of hydrogen-bond acceptors (Lipinski definition) is 5. The second-order valence-electron chi connectivity index (χ2n) is 7.21. The number of nitrogens with one attached hydrogen (secondary N) is 2. The molecule has 28 heavy (non-hydrogen) atoms. The largest absolute Gasteiger partial charge is 0.493 e. The van der Waals surface area contributed by atoms with Gasteiger partial charge >= 0.3 is 0 Å². The monoisotopic (exact) mass is 505 g/mol. The molecule has 1 atom stereocenters. The second kappa shape index (κ2) is 13.1. The molecule has 1 aromatic rings. The van der Waals surface area contributed by atoms with Gasteiger partial charge in [-0.25, -0.2) is 0 Å². The fraction of sp³-hybridized carbons (Fsp3) is 0.650. The third-order valence-corrected chi connectivity index (χ3v) is 4.92. The zero-order chi connectivity index (χ0) is 19.6. The third-order valence-electron chi connectivity index (χ3n) is 4.92. The Labute approximate surface area is 186 Å². The van der Waals surface area contributed by atoms with Gasteiger partial charge in [0.2, 0.25) is 0 Å². The minimum absolute atomic E-state index is 0. The Balaban J connectivity index is 0.00000392. The molecule has 0 aliphatic carbocycles. The van der Waals surface area contributed by atoms with Crippen LogP contribution in [0.3, 0.4) is 0 Å². The van der Waals surface area contributed by atoms with E-state index in [1.165, 1.54) is 0 Å². The highest BCUT2D eigenvalue weighted by Gasteiger charge is 2.16. The standard InChI is InChI=1S/C20H35N5O2.HI/c1-16(15-25-10-8-24(3)9-11-25)13-22-20(21-2)23-14-17-6-7-18(26-4)19(12-17)27-5;/h6-7,12,16H,8-11,13-15H2,1-5H3,(H2,21,22,23);1H. The molecule has 1 aliphatic rings. The Morgan fingerprint density at radius 1 is 1.11 bits per heavy atom. The number of likely N-dealkylation sites (N-methyl/N-ethyl adjacent to an activating group) is 1. The smallest absolute Gasteiger partial charge is 0.191 e. The predicted octanol–water partition coefficient (Wildman–Crippen LogP) is 1.87. The molecule has 2 N–H and O–H groups in total. The van der Waals surface area contributed by atoms with Gasteiger partial charge in [-0.15, -0.1) is 24.0 Å². The summed E-state index contributed by atoms with van der Waals surface area (Å²) in [5.41, 5.74) is 1.11. The summed E-state index contributed by atoms with van der Waals surface area (Å²) in [4.78, 5) is 9.26. The van der Waals surface area contributed by atoms with Crippen LogP contribution < -0.4 is 20.1 Å². The van der Waals surface area contributed by atoms with Crippen LogP contribution in [0.5, 0.6) is 11.5 Å². The number of halogens is 1. The minimum atomic E-state index is 0. The van der Waals surface area contributed by atoms with Crippen LogP contribution in [0.2, 0.25) is 0 Å². The first-order chi connectivity index (χ1) is 13.0. The van der Waals surface area contributed by atoms with Crippen LogP contribution in [-0.4, -0.2) is 83.3 Å². The Hall–Kier alpha value is -1.26. The van der Waals surface area contributed by atoms with E-state index in [4.69, 9.17) is 9.47 Å². The van der Waals surface area contributed by atoms with Crippen LogP contribution in [0, 0.1) is 5.92 Å². The van der Waals surface area contributed by atoms with Crippen molar-refractivity contribution in [2.45, 2.75) is 13.5 Å². The molecular weight excluding hydrogens is 469 g/mol. The number of ether oxygens (including phenoxy) is 2. The molecule has 0 radical (unpaired) electrons. The van der Waals surface area contributed by atoms with Crippen molar-refractivity contribution in [1.29, 1.82) is 0 Å². The van der Waals surface area contributed by atoms with Crippen LogP contribution in [0.1, 0.15) is 12.5 Å². The van der Waals surface area contributed by atoms with Gasteiger partial charge in [-0.05, 0) is 30.7 Å². The van der Waals surface area contributed by atoms with Crippen molar-refractivity contribution in [3.63, 3.8) is 0 Å². The second-order valence-corrected chi connectivity index (χ2v) is 7.21. The van der Waals surface area contributed by atoms with Gasteiger partial charge in [0.1, 0.15) is 0 Å². The first kappa shape index (κ1) is 24.8. The highest BCUT2D eigenvalue weighted by Crippen LogP contribution is 2.27. The van der Waals surface area contributed by atoms with Crippen molar-refractivity contribution < 1.29 is 9.47 Å². The highest BCUT2D eigenvalue weighted by molar-refractivity contribution is 14.0. The average Bonchev–Trinajstić information content (AvgIpc) is 2.69. The summed E-state index contributed by atoms with van der Waals surface area (Å²) in [5, 5.41) is 6.80. The van der Waals surface area contributed by atoms with Gasteiger partial charge in [0.25, 0.3) is 0 Å². The lowest BCUT2D eigenvalue weighted by molar-refractivity contribution is 0.139. The maximum Gasteiger partial charge on any atom is 0.191 e. The third kappa shape index (κ3) is 8.00. The molecular formula is C20H36IN5O2. The van der Waals surface area contributed by atoms with E-state index in [1.54, 1.807) is 21.3 Å². The number of piperazine rings is 1. The molecule has 0 amide bonds. The fourth-order valence-electron chi connectivity index (χ4n) is 3.20. The lowest BCUT2D eigenvalue weighted by Gasteiger charge is -2.34. The Kier molecular flexibility index (Phi) is 11.6. The molecule has 1 unspecified atom stereocenters. The first-order valence-corrected chi connectivity index (χ1v) is 9.62. The fourth-order valence-corrected chi connectivity index (χ4v) is 3.20. The van der Waals surface area contributed by atoms with Gasteiger partial charge in [0.15, 0.2) is 17.5 Å². The van der Waals surface area contributed by atoms with Gasteiger partial charge in [-0.2, -0.15) is 0 Å². The molecule has 0 aromatic heterocycles. The SMILES string of the molecule is CN=C(NCc1ccc(OC)c(OC)c1)NCC(C)CN1CCN(C)CC1.I. The number of nitrogens with zero attached hydrogens (tertiary/aromatic N) is 3. The van der Waals surface area contributed by atoms with Crippen molar-refractivity contribution in [3.8, 4) is 11.5 Å². The van der Waals surface area contributed by atoms with Gasteiger partial charge in [-0.3, -0.25) is 4.99 Å². The summed E-state index contributed by atoms with van der Waals surface area (Å²) >= 11 is 0. The number of hydrogen-bond donors (Lipinski definition) is 2. The molecule has 2 rings (SSSR count). The van der Waals surface area contributed by atoms with Gasteiger partial charge in [-0.1, -0.05) is 13.0 Å². The van der Waals surface area contributed by atoms with Crippen LogP contribution in [0.25, 0.3) is 0 Å². The highest BCUT2D eigenvalue weighted by atomic mass is 127. The van der Waals surface area contributed by atoms with E-state index in [2.05, 4.69) is 39.4 Å². The van der Waals surface area contributed by atoms with Gasteiger partial charge in [0.05, 0.1) is 14.2 Å². The van der Waals surface area contributed by atoms with E-state index in [-0.39, 0.29) is 24.0 Å². The molecule has 7 nitrogen and oxygen atoms in total. The van der Waals surface area contributed by atoms with Crippen molar-refractivity contribution >= 4 is 29.9 Å². The lowest BCUT2D eigenvalue weighted by atomic mass is 10.1. The topological polar surface area (TPSA) is 61.4 Å². The van der Waals surface area contributed by atoms with E-state index in [0.717, 1.165) is 62.3 Å². The van der Waals surface area contributed by atoms with Crippen molar-refractivity contribution in [3.05, 3.63) is 23.8 Å². The Morgan fingerprint density at radius 3 is 2.39 bits per heavy atom. The summed E-state index contributed by atoms with van der Waals surface area (Å²) in [6.07, 6.45) is 0. The maximum atomic E-state index is 5.36. The van der Waals surface area contributed by atoms with Crippen molar-refractivity contribution in [2.24, 2.45) is 10.9 Å². The number of methoxy groups -OCH3 is 2. The molecule has 1 aliphatic heterocycles. The molecule has 0 bridgehead atoms. The Morgan fingerprint density at radius 2 is 1.79 bits per heavy atom. The van der Waals surface area contributed by atoms with Crippen LogP contribution >= 0.6 is 24.0 Å². The molecule has 1 saturated heterocycles. The number of rotatable bonds is 8.